The molecule has 0 saturated heterocycles. The van der Waals surface area contributed by atoms with Crippen LogP contribution in [-0.2, 0) is 0 Å². The van der Waals surface area contributed by atoms with Crippen LogP contribution in [0.3, 0.4) is 0 Å². The van der Waals surface area contributed by atoms with Crippen LogP contribution in [0, 0.1) is 0 Å². The van der Waals surface area contributed by atoms with E-state index in [9.17, 15) is 4.79 Å². The predicted molar refractivity (Wildman–Crippen MR) is 49.0 cm³/mol. The molecule has 0 N–H and O–H groups in total. The summed E-state index contributed by atoms with van der Waals surface area (Å²) in [5.41, 5.74) is 0.540. The summed E-state index contributed by atoms with van der Waals surface area (Å²) in [6.45, 7) is 1.44. The molecule has 0 saturated carbocycles. The number of carbonyl (C=O) groups excluding carboxylic acids is 1. The lowest BCUT2D eigenvalue weighted by molar-refractivity contribution is 0.0989. The Balaban J connectivity index is 2.75. The van der Waals surface area contributed by atoms with Gasteiger partial charge in [-0.3, -0.25) is 9.78 Å². The number of Topliss-reactive ketones (excluding diaryl/α,β-unsaturated/α-hetero) is 1. The highest BCUT2D eigenvalue weighted by atomic mass is 35.5. The fraction of sp³-hybridized carbons (Fsp3) is 0.111. The SMILES string of the molecule is CC(=O)c1cc2c(Cl)cncc2o1. The number of ketones is 1. The molecule has 66 valence electrons. The smallest absolute Gasteiger partial charge is 0.194 e. The molecule has 13 heavy (non-hydrogen) atoms. The topological polar surface area (TPSA) is 43.1 Å². The Morgan fingerprint density at radius 1 is 1.54 bits per heavy atom. The number of nitrogens with zero attached hydrogens (tertiary/aromatic N) is 1. The van der Waals surface area contributed by atoms with Gasteiger partial charge in [-0.2, -0.15) is 0 Å². The number of pyridine rings is 1. The zero-order chi connectivity index (χ0) is 9.42. The van der Waals surface area contributed by atoms with E-state index in [4.69, 9.17) is 16.0 Å². The molecule has 0 spiro atoms. The van der Waals surface area contributed by atoms with E-state index in [-0.39, 0.29) is 5.78 Å². The maximum Gasteiger partial charge on any atom is 0.194 e. The van der Waals surface area contributed by atoms with E-state index in [0.29, 0.717) is 16.4 Å². The fourth-order valence-electron chi connectivity index (χ4n) is 1.10. The van der Waals surface area contributed by atoms with E-state index < -0.39 is 0 Å². The fourth-order valence-corrected chi connectivity index (χ4v) is 1.31. The average Bonchev–Trinajstić information content (AvgIpc) is 2.49. The minimum atomic E-state index is -0.118. The summed E-state index contributed by atoms with van der Waals surface area (Å²) >= 11 is 5.84. The number of hydrogen-bond donors (Lipinski definition) is 0. The summed E-state index contributed by atoms with van der Waals surface area (Å²) in [5, 5.41) is 1.22. The third-order valence-electron chi connectivity index (χ3n) is 1.74. The maximum atomic E-state index is 11.0. The van der Waals surface area contributed by atoms with Gasteiger partial charge in [-0.15, -0.1) is 0 Å². The first-order valence-corrected chi connectivity index (χ1v) is 4.10. The first-order chi connectivity index (χ1) is 6.18. The van der Waals surface area contributed by atoms with Gasteiger partial charge in [0, 0.05) is 18.5 Å². The number of furan rings is 1. The Labute approximate surface area is 79.3 Å². The number of carbonyl (C=O) groups is 1. The second-order valence-electron chi connectivity index (χ2n) is 2.70. The van der Waals surface area contributed by atoms with Crippen LogP contribution in [0.15, 0.2) is 22.9 Å². The highest BCUT2D eigenvalue weighted by molar-refractivity contribution is 6.35. The molecule has 0 unspecified atom stereocenters. The van der Waals surface area contributed by atoms with Gasteiger partial charge in [0.25, 0.3) is 0 Å². The van der Waals surface area contributed by atoms with Crippen LogP contribution in [0.25, 0.3) is 11.0 Å². The lowest BCUT2D eigenvalue weighted by Crippen LogP contribution is -1.85. The first kappa shape index (κ1) is 8.26. The van der Waals surface area contributed by atoms with Gasteiger partial charge in [0.15, 0.2) is 17.1 Å². The molecular weight excluding hydrogens is 190 g/mol. The normalized spacial score (nSPS) is 10.6. The molecule has 0 bridgehead atoms. The molecule has 0 aromatic carbocycles. The van der Waals surface area contributed by atoms with Crippen LogP contribution in [-0.4, -0.2) is 10.8 Å². The number of aromatic nitrogens is 1. The lowest BCUT2D eigenvalue weighted by atomic mass is 10.3. The van der Waals surface area contributed by atoms with E-state index in [1.54, 1.807) is 6.07 Å². The quantitative estimate of drug-likeness (QED) is 0.657. The van der Waals surface area contributed by atoms with Gasteiger partial charge >= 0.3 is 0 Å². The van der Waals surface area contributed by atoms with Gasteiger partial charge in [0.1, 0.15) is 0 Å². The molecule has 4 heteroatoms. The third kappa shape index (κ3) is 1.31. The third-order valence-corrected chi connectivity index (χ3v) is 2.05. The summed E-state index contributed by atoms with van der Waals surface area (Å²) in [4.78, 5) is 14.8. The van der Waals surface area contributed by atoms with Gasteiger partial charge in [0.2, 0.25) is 0 Å². The molecule has 0 aliphatic heterocycles. The van der Waals surface area contributed by atoms with Crippen molar-refractivity contribution < 1.29 is 9.21 Å². The Morgan fingerprint density at radius 2 is 2.31 bits per heavy atom. The molecule has 0 radical (unpaired) electrons. The van der Waals surface area contributed by atoms with Gasteiger partial charge in [-0.05, 0) is 6.07 Å². The average molecular weight is 196 g/mol. The monoisotopic (exact) mass is 195 g/mol. The van der Waals surface area contributed by atoms with E-state index in [1.807, 2.05) is 0 Å². The molecule has 2 heterocycles. The van der Waals surface area contributed by atoms with Crippen LogP contribution < -0.4 is 0 Å². The van der Waals surface area contributed by atoms with Crippen molar-refractivity contribution in [3.8, 4) is 0 Å². The van der Waals surface area contributed by atoms with Crippen molar-refractivity contribution in [2.75, 3.05) is 0 Å². The van der Waals surface area contributed by atoms with Crippen molar-refractivity contribution in [2.24, 2.45) is 0 Å². The van der Waals surface area contributed by atoms with E-state index in [2.05, 4.69) is 4.98 Å². The Kier molecular flexibility index (Phi) is 1.81. The minimum absolute atomic E-state index is 0.118. The number of hydrogen-bond acceptors (Lipinski definition) is 3. The molecule has 2 rings (SSSR count). The number of halogens is 1. The van der Waals surface area contributed by atoms with E-state index in [1.165, 1.54) is 19.3 Å². The molecule has 0 aliphatic carbocycles. The maximum absolute atomic E-state index is 11.0. The van der Waals surface area contributed by atoms with E-state index >= 15 is 0 Å². The highest BCUT2D eigenvalue weighted by Crippen LogP contribution is 2.25. The first-order valence-electron chi connectivity index (χ1n) is 3.72. The van der Waals surface area contributed by atoms with Crippen molar-refractivity contribution in [1.29, 1.82) is 0 Å². The predicted octanol–water partition coefficient (Wildman–Crippen LogP) is 2.68. The van der Waals surface area contributed by atoms with Gasteiger partial charge < -0.3 is 4.42 Å². The zero-order valence-corrected chi connectivity index (χ0v) is 7.63. The molecule has 0 amide bonds. The Hall–Kier alpha value is -1.35. The second kappa shape index (κ2) is 2.85. The molecule has 2 aromatic rings. The van der Waals surface area contributed by atoms with Gasteiger partial charge in [-0.25, -0.2) is 0 Å². The summed E-state index contributed by atoms with van der Waals surface area (Å²) in [6, 6.07) is 1.63. The largest absolute Gasteiger partial charge is 0.451 e. The molecule has 0 aliphatic rings. The van der Waals surface area contributed by atoms with Crippen LogP contribution in [0.1, 0.15) is 17.5 Å². The standard InChI is InChI=1S/C9H6ClNO2/c1-5(12)8-2-6-7(10)3-11-4-9(6)13-8/h2-4H,1H3. The summed E-state index contributed by atoms with van der Waals surface area (Å²) in [6.07, 6.45) is 3.05. The number of fused-ring (bicyclic) bond motifs is 1. The minimum Gasteiger partial charge on any atom is -0.451 e. The van der Waals surface area contributed by atoms with Gasteiger partial charge in [-0.1, -0.05) is 11.6 Å². The van der Waals surface area contributed by atoms with Crippen molar-refractivity contribution >= 4 is 28.4 Å². The second-order valence-corrected chi connectivity index (χ2v) is 3.11. The van der Waals surface area contributed by atoms with Crippen molar-refractivity contribution in [2.45, 2.75) is 6.92 Å². The zero-order valence-electron chi connectivity index (χ0n) is 6.87. The summed E-state index contributed by atoms with van der Waals surface area (Å²) < 4.78 is 5.21. The Morgan fingerprint density at radius 3 is 2.92 bits per heavy atom. The molecule has 0 fully saturated rings. The van der Waals surface area contributed by atoms with Gasteiger partial charge in [0.05, 0.1) is 11.2 Å². The van der Waals surface area contributed by atoms with E-state index in [0.717, 1.165) is 5.39 Å². The van der Waals surface area contributed by atoms with Crippen LogP contribution in [0.2, 0.25) is 5.02 Å². The summed E-state index contributed by atoms with van der Waals surface area (Å²) in [5.74, 6) is 0.192. The highest BCUT2D eigenvalue weighted by Gasteiger charge is 2.09. The van der Waals surface area contributed by atoms with Crippen LogP contribution in [0.4, 0.5) is 0 Å². The molecule has 0 atom stereocenters. The molecule has 2 aromatic heterocycles. The van der Waals surface area contributed by atoms with Crippen molar-refractivity contribution in [1.82, 2.24) is 4.98 Å². The Bertz CT molecular complexity index is 475. The van der Waals surface area contributed by atoms with Crippen molar-refractivity contribution in [3.05, 3.63) is 29.2 Å². The molecular formula is C9H6ClNO2. The molecule has 3 nitrogen and oxygen atoms in total. The van der Waals surface area contributed by atoms with Crippen LogP contribution >= 0.6 is 11.6 Å². The number of rotatable bonds is 1. The van der Waals surface area contributed by atoms with Crippen LogP contribution in [0.5, 0.6) is 0 Å². The summed E-state index contributed by atoms with van der Waals surface area (Å²) in [7, 11) is 0. The lowest BCUT2D eigenvalue weighted by Gasteiger charge is -1.87. The van der Waals surface area contributed by atoms with Crippen molar-refractivity contribution in [3.63, 3.8) is 0 Å².